The van der Waals surface area contributed by atoms with Gasteiger partial charge in [0.25, 0.3) is 0 Å². The SMILES string of the molecule is C.Clc1cccc(Cl)c1NC1=NCCN1.NCCCC(=O)O.O=C(O)c1ccco1. The van der Waals surface area contributed by atoms with Crippen LogP contribution in [0.2, 0.25) is 10.0 Å². The Balaban J connectivity index is 0.000000453. The van der Waals surface area contributed by atoms with Crippen LogP contribution in [0.5, 0.6) is 0 Å². The van der Waals surface area contributed by atoms with Crippen LogP contribution in [0.1, 0.15) is 30.8 Å². The van der Waals surface area contributed by atoms with E-state index in [4.69, 9.17) is 39.1 Å². The molecule has 1 aromatic heterocycles. The van der Waals surface area contributed by atoms with Gasteiger partial charge in [0, 0.05) is 13.0 Å². The zero-order valence-corrected chi connectivity index (χ0v) is 16.9. The van der Waals surface area contributed by atoms with Gasteiger partial charge in [-0.2, -0.15) is 0 Å². The van der Waals surface area contributed by atoms with E-state index in [1.165, 1.54) is 18.4 Å². The summed E-state index contributed by atoms with van der Waals surface area (Å²) >= 11 is 12.0. The molecule has 0 saturated carbocycles. The largest absolute Gasteiger partial charge is 0.481 e. The molecule has 30 heavy (non-hydrogen) atoms. The van der Waals surface area contributed by atoms with Crippen molar-refractivity contribution in [2.45, 2.75) is 20.3 Å². The lowest BCUT2D eigenvalue weighted by molar-refractivity contribution is -0.137. The van der Waals surface area contributed by atoms with Crippen molar-refractivity contribution in [2.75, 3.05) is 25.0 Å². The number of furan rings is 1. The number of rotatable bonds is 5. The highest BCUT2D eigenvalue weighted by molar-refractivity contribution is 6.39. The van der Waals surface area contributed by atoms with Gasteiger partial charge in [0.15, 0.2) is 5.96 Å². The van der Waals surface area contributed by atoms with Gasteiger partial charge in [0.2, 0.25) is 5.76 Å². The van der Waals surface area contributed by atoms with Gasteiger partial charge in [-0.15, -0.1) is 0 Å². The van der Waals surface area contributed by atoms with Crippen LogP contribution in [-0.4, -0.2) is 47.7 Å². The van der Waals surface area contributed by atoms with Crippen LogP contribution in [0.15, 0.2) is 46.0 Å². The Hall–Kier alpha value is -2.75. The maximum absolute atomic E-state index is 9.97. The number of hydrogen-bond acceptors (Lipinski definition) is 7. The number of aromatic carboxylic acids is 1. The van der Waals surface area contributed by atoms with E-state index in [9.17, 15) is 9.59 Å². The summed E-state index contributed by atoms with van der Waals surface area (Å²) in [5.74, 6) is -1.11. The molecule has 0 aliphatic carbocycles. The van der Waals surface area contributed by atoms with Gasteiger partial charge in [-0.1, -0.05) is 36.7 Å². The third-order valence-electron chi connectivity index (χ3n) is 3.21. The number of aliphatic imine (C=N–C) groups is 1. The lowest BCUT2D eigenvalue weighted by Crippen LogP contribution is -2.26. The van der Waals surface area contributed by atoms with Crippen LogP contribution >= 0.6 is 23.2 Å². The molecule has 0 amide bonds. The Labute approximate surface area is 184 Å². The molecule has 0 unspecified atom stereocenters. The highest BCUT2D eigenvalue weighted by Crippen LogP contribution is 2.29. The number of guanidine groups is 1. The topological polar surface area (TPSA) is 150 Å². The number of nitrogens with one attached hydrogen (secondary N) is 2. The molecule has 166 valence electrons. The number of carboxylic acid groups (broad SMARTS) is 2. The molecule has 6 N–H and O–H groups in total. The Morgan fingerprint density at radius 1 is 1.20 bits per heavy atom. The molecule has 0 atom stereocenters. The molecule has 9 nitrogen and oxygen atoms in total. The molecule has 0 saturated heterocycles. The van der Waals surface area contributed by atoms with Crippen molar-refractivity contribution in [3.05, 3.63) is 52.4 Å². The first-order valence-electron chi connectivity index (χ1n) is 8.53. The fraction of sp³-hybridized carbons (Fsp3) is 0.316. The zero-order valence-electron chi connectivity index (χ0n) is 15.4. The molecule has 0 fully saturated rings. The number of benzene rings is 1. The number of nitrogens with zero attached hydrogens (tertiary/aromatic N) is 1. The summed E-state index contributed by atoms with van der Waals surface area (Å²) in [6.45, 7) is 2.10. The molecule has 0 radical (unpaired) electrons. The first-order chi connectivity index (χ1) is 13.8. The number of carbonyl (C=O) groups is 2. The van der Waals surface area contributed by atoms with Gasteiger partial charge in [-0.25, -0.2) is 4.79 Å². The monoisotopic (exact) mass is 460 g/mol. The Bertz CT molecular complexity index is 793. The highest BCUT2D eigenvalue weighted by Gasteiger charge is 2.10. The quantitative estimate of drug-likeness (QED) is 0.451. The summed E-state index contributed by atoms with van der Waals surface area (Å²) in [5, 5.41) is 23.5. The van der Waals surface area contributed by atoms with Gasteiger partial charge >= 0.3 is 11.9 Å². The van der Waals surface area contributed by atoms with E-state index in [0.717, 1.165) is 19.0 Å². The van der Waals surface area contributed by atoms with Crippen LogP contribution in [0.4, 0.5) is 5.69 Å². The van der Waals surface area contributed by atoms with E-state index in [-0.39, 0.29) is 19.6 Å². The Kier molecular flexibility index (Phi) is 13.8. The third kappa shape index (κ3) is 10.7. The Morgan fingerprint density at radius 2 is 1.87 bits per heavy atom. The summed E-state index contributed by atoms with van der Waals surface area (Å²) in [5.41, 5.74) is 5.71. The number of aliphatic carboxylic acids is 1. The highest BCUT2D eigenvalue weighted by atomic mass is 35.5. The molecule has 0 spiro atoms. The average molecular weight is 461 g/mol. The van der Waals surface area contributed by atoms with Crippen molar-refractivity contribution in [2.24, 2.45) is 10.7 Å². The average Bonchev–Trinajstić information content (AvgIpc) is 3.38. The smallest absolute Gasteiger partial charge is 0.371 e. The standard InChI is InChI=1S/C9H9Cl2N3.C5H4O3.C4H9NO2.CH4/c10-6-2-1-3-7(11)8(6)14-9-12-4-5-13-9;6-5(7)4-2-1-3-8-4;5-3-1-2-4(6)7;/h1-3H,4-5H2,(H2,12,13,14);1-3H,(H,6,7);1-3,5H2,(H,6,7);1H4. The van der Waals surface area contributed by atoms with Gasteiger partial charge in [-0.3, -0.25) is 9.79 Å². The number of nitrogens with two attached hydrogens (primary N) is 1. The molecule has 11 heteroatoms. The van der Waals surface area contributed by atoms with Crippen LogP contribution in [-0.2, 0) is 4.79 Å². The van der Waals surface area contributed by atoms with Crippen molar-refractivity contribution in [1.29, 1.82) is 0 Å². The second kappa shape index (κ2) is 15.1. The van der Waals surface area contributed by atoms with E-state index < -0.39 is 11.9 Å². The van der Waals surface area contributed by atoms with Crippen molar-refractivity contribution in [3.63, 3.8) is 0 Å². The summed E-state index contributed by atoms with van der Waals surface area (Å²) < 4.78 is 4.50. The number of halogens is 2. The molecule has 1 aromatic carbocycles. The minimum Gasteiger partial charge on any atom is -0.481 e. The van der Waals surface area contributed by atoms with E-state index in [1.807, 2.05) is 0 Å². The predicted octanol–water partition coefficient (Wildman–Crippen LogP) is 3.79. The second-order valence-electron chi connectivity index (χ2n) is 5.45. The predicted molar refractivity (Wildman–Crippen MR) is 119 cm³/mol. The van der Waals surface area contributed by atoms with E-state index in [0.29, 0.717) is 28.7 Å². The van der Waals surface area contributed by atoms with E-state index >= 15 is 0 Å². The van der Waals surface area contributed by atoms with Crippen molar-refractivity contribution in [3.8, 4) is 0 Å². The van der Waals surface area contributed by atoms with Gasteiger partial charge in [-0.05, 0) is 37.2 Å². The van der Waals surface area contributed by atoms with Crippen LogP contribution < -0.4 is 16.4 Å². The summed E-state index contributed by atoms with van der Waals surface area (Å²) in [4.78, 5) is 23.9. The maximum Gasteiger partial charge on any atom is 0.371 e. The van der Waals surface area contributed by atoms with Crippen molar-refractivity contribution >= 4 is 46.8 Å². The zero-order chi connectivity index (χ0) is 21.6. The van der Waals surface area contributed by atoms with Crippen molar-refractivity contribution < 1.29 is 24.2 Å². The number of para-hydroxylation sites is 1. The normalized spacial score (nSPS) is 11.4. The number of hydrogen-bond donors (Lipinski definition) is 5. The third-order valence-corrected chi connectivity index (χ3v) is 3.84. The fourth-order valence-electron chi connectivity index (χ4n) is 1.87. The first-order valence-corrected chi connectivity index (χ1v) is 9.28. The second-order valence-corrected chi connectivity index (χ2v) is 6.26. The lowest BCUT2D eigenvalue weighted by Gasteiger charge is -2.09. The van der Waals surface area contributed by atoms with Crippen LogP contribution in [0.3, 0.4) is 0 Å². The molecule has 2 aromatic rings. The molecule has 1 aliphatic heterocycles. The molecule has 1 aliphatic rings. The summed E-state index contributed by atoms with van der Waals surface area (Å²) in [7, 11) is 0. The maximum atomic E-state index is 9.97. The molecular weight excluding hydrogens is 435 g/mol. The van der Waals surface area contributed by atoms with Crippen LogP contribution in [0.25, 0.3) is 0 Å². The summed E-state index contributed by atoms with van der Waals surface area (Å²) in [6, 6.07) is 8.29. The minimum atomic E-state index is -1.03. The van der Waals surface area contributed by atoms with E-state index in [2.05, 4.69) is 20.0 Å². The molecular formula is C19H26Cl2N4O5. The number of anilines is 1. The van der Waals surface area contributed by atoms with Crippen LogP contribution in [0, 0.1) is 0 Å². The first kappa shape index (κ1) is 27.2. The van der Waals surface area contributed by atoms with Gasteiger partial charge in [0.05, 0.1) is 28.5 Å². The fourth-order valence-corrected chi connectivity index (χ4v) is 2.36. The molecule has 2 heterocycles. The molecule has 3 rings (SSSR count). The lowest BCUT2D eigenvalue weighted by atomic mass is 10.3. The minimum absolute atomic E-state index is 0. The van der Waals surface area contributed by atoms with Crippen molar-refractivity contribution in [1.82, 2.24) is 5.32 Å². The molecule has 0 bridgehead atoms. The summed E-state index contributed by atoms with van der Waals surface area (Å²) in [6.07, 6.45) is 2.09. The number of carboxylic acids is 2. The van der Waals surface area contributed by atoms with Gasteiger partial charge < -0.3 is 31.0 Å². The Morgan fingerprint density at radius 3 is 2.23 bits per heavy atom. The van der Waals surface area contributed by atoms with Gasteiger partial charge in [0.1, 0.15) is 0 Å². The van der Waals surface area contributed by atoms with E-state index in [1.54, 1.807) is 18.2 Å².